The zero-order chi connectivity index (χ0) is 16.6. The molecule has 1 fully saturated rings. The molecule has 2 aromatic rings. The normalized spacial score (nSPS) is 14.6. The fourth-order valence-electron chi connectivity index (χ4n) is 2.24. The number of pyridine rings is 2. The van der Waals surface area contributed by atoms with E-state index in [4.69, 9.17) is 11.6 Å². The molecule has 1 N–H and O–H groups in total. The Bertz CT molecular complexity index is 910. The molecule has 6 nitrogen and oxygen atoms in total. The van der Waals surface area contributed by atoms with Crippen molar-refractivity contribution in [2.24, 2.45) is 0 Å². The summed E-state index contributed by atoms with van der Waals surface area (Å²) in [4.78, 5) is 20.9. The predicted octanol–water partition coefficient (Wildman–Crippen LogP) is 2.37. The minimum atomic E-state index is -3.70. The van der Waals surface area contributed by atoms with Crippen molar-refractivity contribution in [2.45, 2.75) is 17.1 Å². The first-order chi connectivity index (χ1) is 10.9. The largest absolute Gasteiger partial charge is 0.366 e. The molecule has 3 rings (SSSR count). The van der Waals surface area contributed by atoms with Crippen molar-refractivity contribution in [1.29, 1.82) is 0 Å². The van der Waals surface area contributed by atoms with Crippen LogP contribution >= 0.6 is 27.5 Å². The van der Waals surface area contributed by atoms with Crippen molar-refractivity contribution in [1.82, 2.24) is 9.97 Å². The molecule has 0 bridgehead atoms. The topological polar surface area (TPSA) is 83.1 Å². The van der Waals surface area contributed by atoms with E-state index in [-0.39, 0.29) is 15.5 Å². The summed E-state index contributed by atoms with van der Waals surface area (Å²) in [5.41, 5.74) is -0.390. The molecule has 1 saturated heterocycles. The summed E-state index contributed by atoms with van der Waals surface area (Å²) in [7, 11) is -3.70. The Kier molecular flexibility index (Phi) is 4.48. The molecule has 0 unspecified atom stereocenters. The minimum absolute atomic E-state index is 0.0369. The molecule has 0 radical (unpaired) electrons. The second-order valence-corrected chi connectivity index (χ2v) is 8.48. The number of rotatable bonds is 4. The number of nitrogens with one attached hydrogen (secondary N) is 1. The maximum Gasteiger partial charge on any atom is 0.204 e. The first-order valence-corrected chi connectivity index (χ1v) is 9.69. The highest BCUT2D eigenvalue weighted by Crippen LogP contribution is 2.29. The second kappa shape index (κ2) is 6.26. The summed E-state index contributed by atoms with van der Waals surface area (Å²) in [6.45, 7) is 1.82. The lowest BCUT2D eigenvalue weighted by atomic mass is 10.2. The number of H-pyrrole nitrogens is 1. The molecule has 9 heteroatoms. The molecule has 122 valence electrons. The quantitative estimate of drug-likeness (QED) is 0.824. The zero-order valence-corrected chi connectivity index (χ0v) is 15.1. The third-order valence-corrected chi connectivity index (χ3v) is 6.13. The number of anilines is 1. The summed E-state index contributed by atoms with van der Waals surface area (Å²) in [6.07, 6.45) is 5.10. The number of aromatic amines is 1. The van der Waals surface area contributed by atoms with Crippen molar-refractivity contribution < 1.29 is 8.42 Å². The lowest BCUT2D eigenvalue weighted by Crippen LogP contribution is -2.37. The average Bonchev–Trinajstić information content (AvgIpc) is 2.44. The van der Waals surface area contributed by atoms with Crippen LogP contribution in [0.15, 0.2) is 38.8 Å². The van der Waals surface area contributed by atoms with Gasteiger partial charge in [-0.25, -0.2) is 13.4 Å². The van der Waals surface area contributed by atoms with Gasteiger partial charge in [-0.3, -0.25) is 4.79 Å². The molecule has 0 aliphatic carbocycles. The van der Waals surface area contributed by atoms with Crippen molar-refractivity contribution in [3.05, 3.63) is 49.9 Å². The molecule has 23 heavy (non-hydrogen) atoms. The van der Waals surface area contributed by atoms with Gasteiger partial charge in [-0.15, -0.1) is 0 Å². The minimum Gasteiger partial charge on any atom is -0.366 e. The number of sulfone groups is 1. The van der Waals surface area contributed by atoms with Crippen molar-refractivity contribution in [3.8, 4) is 0 Å². The van der Waals surface area contributed by atoms with Gasteiger partial charge in [-0.1, -0.05) is 11.6 Å². The van der Waals surface area contributed by atoms with Gasteiger partial charge < -0.3 is 9.88 Å². The third-order valence-electron chi connectivity index (χ3n) is 3.63. The van der Waals surface area contributed by atoms with Gasteiger partial charge in [0.25, 0.3) is 0 Å². The Balaban J connectivity index is 1.92. The summed E-state index contributed by atoms with van der Waals surface area (Å²) in [5, 5.41) is -0.0369. The Morgan fingerprint density at radius 2 is 2.09 bits per heavy atom. The van der Waals surface area contributed by atoms with Crippen LogP contribution in [0.5, 0.6) is 0 Å². The molecule has 0 atom stereocenters. The second-order valence-electron chi connectivity index (χ2n) is 5.23. The maximum atomic E-state index is 12.5. The fraction of sp³-hybridized carbons (Fsp3) is 0.286. The van der Waals surface area contributed by atoms with Crippen LogP contribution in [0.4, 0.5) is 5.82 Å². The van der Waals surface area contributed by atoms with Gasteiger partial charge in [-0.2, -0.15) is 0 Å². The number of nitrogens with zero attached hydrogens (tertiary/aromatic N) is 2. The first-order valence-electron chi connectivity index (χ1n) is 6.87. The van der Waals surface area contributed by atoms with E-state index in [1.54, 1.807) is 0 Å². The SMILES string of the molecule is O=c1c(Cl)c[nH]cc1CS(=O)(=O)c1cnc(N2CCC2)c(Br)c1. The van der Waals surface area contributed by atoms with Gasteiger partial charge in [0.2, 0.25) is 5.43 Å². The highest BCUT2D eigenvalue weighted by molar-refractivity contribution is 9.10. The average molecular weight is 419 g/mol. The smallest absolute Gasteiger partial charge is 0.204 e. The molecular weight excluding hydrogens is 406 g/mol. The summed E-state index contributed by atoms with van der Waals surface area (Å²) >= 11 is 9.10. The standard InChI is InChI=1S/C14H13BrClN3O3S/c15-11-4-10(6-18-14(11)19-2-1-3-19)23(21,22)8-9-5-17-7-12(16)13(9)20/h4-7H,1-3,8H2,(H,17,20). The molecule has 0 amide bonds. The summed E-state index contributed by atoms with van der Waals surface area (Å²) in [6, 6.07) is 1.52. The number of hydrogen-bond acceptors (Lipinski definition) is 5. The van der Waals surface area contributed by atoms with Crippen LogP contribution in [-0.4, -0.2) is 31.5 Å². The number of hydrogen-bond donors (Lipinski definition) is 1. The molecule has 3 heterocycles. The van der Waals surface area contributed by atoms with E-state index in [1.807, 2.05) is 0 Å². The molecule has 0 spiro atoms. The lowest BCUT2D eigenvalue weighted by molar-refractivity contribution is 0.593. The molecular formula is C14H13BrClN3O3S. The highest BCUT2D eigenvalue weighted by Gasteiger charge is 2.23. The molecule has 0 aromatic carbocycles. The van der Waals surface area contributed by atoms with Crippen LogP contribution in [0.3, 0.4) is 0 Å². The summed E-state index contributed by atoms with van der Waals surface area (Å²) < 4.78 is 25.6. The van der Waals surface area contributed by atoms with Gasteiger partial charge in [0.1, 0.15) is 10.8 Å². The summed E-state index contributed by atoms with van der Waals surface area (Å²) in [5.74, 6) is 0.302. The lowest BCUT2D eigenvalue weighted by Gasteiger charge is -2.32. The Labute approximate surface area is 146 Å². The first kappa shape index (κ1) is 16.5. The van der Waals surface area contributed by atoms with E-state index in [2.05, 4.69) is 30.8 Å². The Hall–Kier alpha value is -1.38. The molecule has 1 aliphatic rings. The van der Waals surface area contributed by atoms with E-state index in [9.17, 15) is 13.2 Å². The predicted molar refractivity (Wildman–Crippen MR) is 91.7 cm³/mol. The monoisotopic (exact) mass is 417 g/mol. The van der Waals surface area contributed by atoms with E-state index >= 15 is 0 Å². The van der Waals surface area contributed by atoms with Crippen LogP contribution in [0.1, 0.15) is 12.0 Å². The number of aromatic nitrogens is 2. The van der Waals surface area contributed by atoms with E-state index < -0.39 is 21.0 Å². The molecule has 2 aromatic heterocycles. The van der Waals surface area contributed by atoms with Crippen LogP contribution < -0.4 is 10.3 Å². The van der Waals surface area contributed by atoms with Gasteiger partial charge in [-0.05, 0) is 28.4 Å². The van der Waals surface area contributed by atoms with Crippen LogP contribution in [0.2, 0.25) is 5.02 Å². The van der Waals surface area contributed by atoms with Gasteiger partial charge in [0, 0.05) is 37.2 Å². The zero-order valence-electron chi connectivity index (χ0n) is 11.9. The van der Waals surface area contributed by atoms with Gasteiger partial charge in [0.15, 0.2) is 9.84 Å². The van der Waals surface area contributed by atoms with Crippen LogP contribution in [0.25, 0.3) is 0 Å². The van der Waals surface area contributed by atoms with Gasteiger partial charge in [0.05, 0.1) is 15.1 Å². The fourth-order valence-corrected chi connectivity index (χ4v) is 4.48. The van der Waals surface area contributed by atoms with Crippen LogP contribution in [0, 0.1) is 0 Å². The third kappa shape index (κ3) is 3.29. The van der Waals surface area contributed by atoms with E-state index in [0.717, 1.165) is 25.3 Å². The Morgan fingerprint density at radius 1 is 1.35 bits per heavy atom. The van der Waals surface area contributed by atoms with Gasteiger partial charge >= 0.3 is 0 Å². The molecule has 1 aliphatic heterocycles. The Morgan fingerprint density at radius 3 is 2.70 bits per heavy atom. The van der Waals surface area contributed by atoms with Crippen LogP contribution in [-0.2, 0) is 15.6 Å². The van der Waals surface area contributed by atoms with Crippen molar-refractivity contribution in [3.63, 3.8) is 0 Å². The molecule has 0 saturated carbocycles. The van der Waals surface area contributed by atoms with Crippen molar-refractivity contribution in [2.75, 3.05) is 18.0 Å². The highest BCUT2D eigenvalue weighted by atomic mass is 79.9. The van der Waals surface area contributed by atoms with E-state index in [1.165, 1.54) is 24.7 Å². The van der Waals surface area contributed by atoms with E-state index in [0.29, 0.717) is 4.47 Å². The maximum absolute atomic E-state index is 12.5. The number of halogens is 2. The van der Waals surface area contributed by atoms with Crippen molar-refractivity contribution >= 4 is 43.2 Å².